The van der Waals surface area contributed by atoms with E-state index in [2.05, 4.69) is 21.6 Å². The summed E-state index contributed by atoms with van der Waals surface area (Å²) in [5.74, 6) is 1.68. The summed E-state index contributed by atoms with van der Waals surface area (Å²) >= 11 is 0. The predicted octanol–water partition coefficient (Wildman–Crippen LogP) is 1.64. The maximum atomic E-state index is 4.36. The van der Waals surface area contributed by atoms with E-state index in [-0.39, 0.29) is 0 Å². The van der Waals surface area contributed by atoms with Crippen molar-refractivity contribution in [1.82, 2.24) is 19.6 Å². The molecule has 0 unspecified atom stereocenters. The molecule has 0 spiro atoms. The quantitative estimate of drug-likeness (QED) is 0.719. The molecule has 0 N–H and O–H groups in total. The molecule has 0 aliphatic heterocycles. The van der Waals surface area contributed by atoms with Crippen molar-refractivity contribution in [1.29, 1.82) is 0 Å². The van der Waals surface area contributed by atoms with Crippen LogP contribution in [0.4, 0.5) is 0 Å². The average molecular weight is 188 g/mol. The van der Waals surface area contributed by atoms with Gasteiger partial charge in [-0.1, -0.05) is 13.5 Å². The third-order valence-corrected chi connectivity index (χ3v) is 2.08. The SMILES string of the molecule is C=Cc1cc2nc(CC)nn2c(C)n1. The molecule has 0 fully saturated rings. The highest BCUT2D eigenvalue weighted by Crippen LogP contribution is 2.07. The number of rotatable bonds is 2. The van der Waals surface area contributed by atoms with Gasteiger partial charge < -0.3 is 0 Å². The minimum Gasteiger partial charge on any atom is -0.234 e. The van der Waals surface area contributed by atoms with E-state index in [1.54, 1.807) is 10.6 Å². The lowest BCUT2D eigenvalue weighted by atomic mass is 10.4. The van der Waals surface area contributed by atoms with Crippen LogP contribution in [0, 0.1) is 6.92 Å². The smallest absolute Gasteiger partial charge is 0.159 e. The summed E-state index contributed by atoms with van der Waals surface area (Å²) in [4.78, 5) is 8.67. The van der Waals surface area contributed by atoms with Crippen molar-refractivity contribution in [3.8, 4) is 0 Å². The van der Waals surface area contributed by atoms with Crippen LogP contribution in [0.3, 0.4) is 0 Å². The zero-order chi connectivity index (χ0) is 10.1. The number of hydrogen-bond donors (Lipinski definition) is 0. The van der Waals surface area contributed by atoms with Gasteiger partial charge in [0.05, 0.1) is 5.69 Å². The highest BCUT2D eigenvalue weighted by Gasteiger charge is 2.05. The second-order valence-corrected chi connectivity index (χ2v) is 3.08. The fourth-order valence-corrected chi connectivity index (χ4v) is 1.35. The number of aromatic nitrogens is 4. The summed E-state index contributed by atoms with van der Waals surface area (Å²) in [6.07, 6.45) is 2.55. The molecule has 0 bridgehead atoms. The Bertz CT molecular complexity index is 484. The molecule has 0 aliphatic carbocycles. The fourth-order valence-electron chi connectivity index (χ4n) is 1.35. The van der Waals surface area contributed by atoms with E-state index < -0.39 is 0 Å². The Hall–Kier alpha value is -1.71. The van der Waals surface area contributed by atoms with Crippen LogP contribution in [0.5, 0.6) is 0 Å². The Kier molecular flexibility index (Phi) is 2.04. The van der Waals surface area contributed by atoms with Crippen molar-refractivity contribution >= 4 is 11.7 Å². The van der Waals surface area contributed by atoms with Crippen molar-refractivity contribution in [2.75, 3.05) is 0 Å². The lowest BCUT2D eigenvalue weighted by Crippen LogP contribution is -1.98. The van der Waals surface area contributed by atoms with Crippen LogP contribution < -0.4 is 0 Å². The molecule has 0 saturated heterocycles. The molecule has 0 amide bonds. The molecule has 0 aromatic carbocycles. The Morgan fingerprint density at radius 2 is 2.29 bits per heavy atom. The van der Waals surface area contributed by atoms with Gasteiger partial charge in [-0.3, -0.25) is 0 Å². The van der Waals surface area contributed by atoms with Crippen LogP contribution in [0.1, 0.15) is 24.3 Å². The standard InChI is InChI=1S/C10H12N4/c1-4-8-6-10-12-9(5-2)13-14(10)7(3)11-8/h4,6H,1,5H2,2-3H3. The van der Waals surface area contributed by atoms with Gasteiger partial charge in [0.2, 0.25) is 0 Å². The first-order valence-corrected chi connectivity index (χ1v) is 4.60. The van der Waals surface area contributed by atoms with Crippen molar-refractivity contribution in [2.45, 2.75) is 20.3 Å². The number of aryl methyl sites for hydroxylation is 2. The van der Waals surface area contributed by atoms with Crippen LogP contribution in [0.2, 0.25) is 0 Å². The van der Waals surface area contributed by atoms with E-state index >= 15 is 0 Å². The van der Waals surface area contributed by atoms with Gasteiger partial charge in [-0.05, 0) is 13.0 Å². The molecule has 0 aliphatic rings. The van der Waals surface area contributed by atoms with E-state index in [0.717, 1.165) is 29.4 Å². The zero-order valence-electron chi connectivity index (χ0n) is 8.36. The lowest BCUT2D eigenvalue weighted by molar-refractivity contribution is 0.827. The predicted molar refractivity (Wildman–Crippen MR) is 55.0 cm³/mol. The van der Waals surface area contributed by atoms with E-state index in [1.807, 2.05) is 19.9 Å². The minimum atomic E-state index is 0.837. The second-order valence-electron chi connectivity index (χ2n) is 3.08. The highest BCUT2D eigenvalue weighted by molar-refractivity contribution is 5.50. The topological polar surface area (TPSA) is 43.1 Å². The Balaban J connectivity index is 2.73. The lowest BCUT2D eigenvalue weighted by Gasteiger charge is -1.97. The Morgan fingerprint density at radius 3 is 2.93 bits per heavy atom. The minimum absolute atomic E-state index is 0.837. The second kappa shape index (κ2) is 3.21. The molecule has 4 heteroatoms. The molecular formula is C10H12N4. The van der Waals surface area contributed by atoms with Crippen LogP contribution in [0.25, 0.3) is 11.7 Å². The fraction of sp³-hybridized carbons (Fsp3) is 0.300. The first-order chi connectivity index (χ1) is 6.74. The number of nitrogens with zero attached hydrogens (tertiary/aromatic N) is 4. The largest absolute Gasteiger partial charge is 0.234 e. The molecular weight excluding hydrogens is 176 g/mol. The zero-order valence-corrected chi connectivity index (χ0v) is 8.36. The highest BCUT2D eigenvalue weighted by atomic mass is 15.3. The molecule has 0 saturated carbocycles. The number of fused-ring (bicyclic) bond motifs is 1. The summed E-state index contributed by atoms with van der Waals surface area (Å²) in [6, 6.07) is 1.88. The van der Waals surface area contributed by atoms with Gasteiger partial charge >= 0.3 is 0 Å². The molecule has 2 heterocycles. The van der Waals surface area contributed by atoms with Gasteiger partial charge in [-0.25, -0.2) is 9.97 Å². The molecule has 2 aromatic heterocycles. The molecule has 14 heavy (non-hydrogen) atoms. The Morgan fingerprint density at radius 1 is 1.50 bits per heavy atom. The summed E-state index contributed by atoms with van der Waals surface area (Å²) in [6.45, 7) is 7.63. The van der Waals surface area contributed by atoms with Gasteiger partial charge in [0.25, 0.3) is 0 Å². The van der Waals surface area contributed by atoms with Gasteiger partial charge in [-0.2, -0.15) is 4.52 Å². The number of hydrogen-bond acceptors (Lipinski definition) is 3. The monoisotopic (exact) mass is 188 g/mol. The molecule has 2 rings (SSSR count). The normalized spacial score (nSPS) is 10.7. The van der Waals surface area contributed by atoms with Crippen molar-refractivity contribution in [2.24, 2.45) is 0 Å². The van der Waals surface area contributed by atoms with Crippen molar-refractivity contribution in [3.63, 3.8) is 0 Å². The summed E-state index contributed by atoms with van der Waals surface area (Å²) < 4.78 is 1.76. The summed E-state index contributed by atoms with van der Waals surface area (Å²) in [7, 11) is 0. The van der Waals surface area contributed by atoms with Gasteiger partial charge in [-0.15, -0.1) is 5.10 Å². The maximum absolute atomic E-state index is 4.36. The third-order valence-electron chi connectivity index (χ3n) is 2.08. The third kappa shape index (κ3) is 1.28. The first-order valence-electron chi connectivity index (χ1n) is 4.60. The maximum Gasteiger partial charge on any atom is 0.159 e. The van der Waals surface area contributed by atoms with E-state index in [0.29, 0.717) is 0 Å². The summed E-state index contributed by atoms with van der Waals surface area (Å²) in [5, 5.41) is 4.31. The average Bonchev–Trinajstić information content (AvgIpc) is 2.61. The molecule has 2 aromatic rings. The summed E-state index contributed by atoms with van der Waals surface area (Å²) in [5.41, 5.74) is 1.68. The first kappa shape index (κ1) is 8.87. The van der Waals surface area contributed by atoms with E-state index in [9.17, 15) is 0 Å². The van der Waals surface area contributed by atoms with Gasteiger partial charge in [0.15, 0.2) is 11.5 Å². The Labute approximate surface area is 82.3 Å². The molecule has 0 radical (unpaired) electrons. The van der Waals surface area contributed by atoms with Crippen molar-refractivity contribution in [3.05, 3.63) is 30.0 Å². The van der Waals surface area contributed by atoms with Crippen LogP contribution >= 0.6 is 0 Å². The van der Waals surface area contributed by atoms with Crippen LogP contribution in [-0.4, -0.2) is 19.6 Å². The molecule has 0 atom stereocenters. The van der Waals surface area contributed by atoms with Gasteiger partial charge in [0, 0.05) is 12.5 Å². The van der Waals surface area contributed by atoms with Crippen molar-refractivity contribution < 1.29 is 0 Å². The molecule has 4 nitrogen and oxygen atoms in total. The van der Waals surface area contributed by atoms with Crippen LogP contribution in [0.15, 0.2) is 12.6 Å². The van der Waals surface area contributed by atoms with Crippen LogP contribution in [-0.2, 0) is 6.42 Å². The van der Waals surface area contributed by atoms with E-state index in [4.69, 9.17) is 0 Å². The van der Waals surface area contributed by atoms with E-state index in [1.165, 1.54) is 0 Å². The van der Waals surface area contributed by atoms with Gasteiger partial charge in [0.1, 0.15) is 5.82 Å². The molecule has 72 valence electrons.